The molecular weight excluding hydrogens is 320 g/mol. The van der Waals surface area contributed by atoms with Crippen LogP contribution in [-0.2, 0) is 14.4 Å². The first-order chi connectivity index (χ1) is 11.6. The standard InChI is InChI=1S/C18H28N4O3/c1-13-8-7-9-14(2)18(13)19-15(23)10-21(5)11-17(25)22(6)12-16(24)20(3)4/h7-9H,10-12H2,1-6H3,(H,19,23)/p+1. The minimum atomic E-state index is -0.174. The quantitative estimate of drug-likeness (QED) is 0.684. The van der Waals surface area contributed by atoms with Crippen molar-refractivity contribution < 1.29 is 19.3 Å². The number of anilines is 1. The van der Waals surface area contributed by atoms with Gasteiger partial charge in [0.2, 0.25) is 5.91 Å². The maximum atomic E-state index is 12.2. The molecule has 0 bridgehead atoms. The van der Waals surface area contributed by atoms with Crippen LogP contribution >= 0.6 is 0 Å². The summed E-state index contributed by atoms with van der Waals surface area (Å²) in [4.78, 5) is 39.6. The van der Waals surface area contributed by atoms with Crippen LogP contribution in [0.2, 0.25) is 0 Å². The molecular formula is C18H29N4O3+. The van der Waals surface area contributed by atoms with Gasteiger partial charge in [-0.05, 0) is 25.0 Å². The predicted molar refractivity (Wildman–Crippen MR) is 97.5 cm³/mol. The molecule has 0 aliphatic rings. The van der Waals surface area contributed by atoms with E-state index >= 15 is 0 Å². The maximum Gasteiger partial charge on any atom is 0.279 e. The van der Waals surface area contributed by atoms with Crippen molar-refractivity contribution in [2.45, 2.75) is 13.8 Å². The summed E-state index contributed by atoms with van der Waals surface area (Å²) in [6, 6.07) is 5.83. The predicted octanol–water partition coefficient (Wildman–Crippen LogP) is -0.697. The highest BCUT2D eigenvalue weighted by atomic mass is 16.2. The van der Waals surface area contributed by atoms with Crippen molar-refractivity contribution in [3.63, 3.8) is 0 Å². The van der Waals surface area contributed by atoms with E-state index in [-0.39, 0.29) is 37.4 Å². The number of carbonyl (C=O) groups is 3. The average Bonchev–Trinajstić information content (AvgIpc) is 2.50. The van der Waals surface area contributed by atoms with Crippen molar-refractivity contribution in [2.75, 3.05) is 53.1 Å². The summed E-state index contributed by atoms with van der Waals surface area (Å²) in [5.74, 6) is -0.455. The van der Waals surface area contributed by atoms with Crippen LogP contribution in [0.4, 0.5) is 5.69 Å². The van der Waals surface area contributed by atoms with E-state index in [1.54, 1.807) is 28.2 Å². The maximum absolute atomic E-state index is 12.2. The van der Waals surface area contributed by atoms with E-state index in [1.165, 1.54) is 9.80 Å². The molecule has 2 N–H and O–H groups in total. The third-order valence-corrected chi connectivity index (χ3v) is 3.96. The molecule has 0 aromatic heterocycles. The number of aryl methyl sites for hydroxylation is 2. The molecule has 0 aliphatic carbocycles. The summed E-state index contributed by atoms with van der Waals surface area (Å²) in [6.45, 7) is 4.25. The van der Waals surface area contributed by atoms with Crippen LogP contribution in [-0.4, -0.2) is 75.3 Å². The average molecular weight is 349 g/mol. The minimum absolute atomic E-state index is 0.0354. The Hall–Kier alpha value is -2.41. The zero-order valence-corrected chi connectivity index (χ0v) is 16.0. The first kappa shape index (κ1) is 20.6. The van der Waals surface area contributed by atoms with Gasteiger partial charge in [-0.3, -0.25) is 14.4 Å². The lowest BCUT2D eigenvalue weighted by Gasteiger charge is -2.21. The van der Waals surface area contributed by atoms with Gasteiger partial charge in [-0.25, -0.2) is 0 Å². The fourth-order valence-electron chi connectivity index (χ4n) is 2.36. The molecule has 1 atom stereocenters. The largest absolute Gasteiger partial charge is 0.347 e. The van der Waals surface area contributed by atoms with Gasteiger partial charge < -0.3 is 20.0 Å². The van der Waals surface area contributed by atoms with Crippen LogP contribution < -0.4 is 10.2 Å². The summed E-state index contributed by atoms with van der Waals surface area (Å²) < 4.78 is 0. The summed E-state index contributed by atoms with van der Waals surface area (Å²) >= 11 is 0. The Balaban J connectivity index is 2.53. The molecule has 0 heterocycles. The SMILES string of the molecule is Cc1cccc(C)c1NC(=O)C[NH+](C)CC(=O)N(C)CC(=O)N(C)C. The summed E-state index contributed by atoms with van der Waals surface area (Å²) in [5.41, 5.74) is 2.83. The van der Waals surface area contributed by atoms with E-state index in [2.05, 4.69) is 5.32 Å². The normalized spacial score (nSPS) is 11.6. The lowest BCUT2D eigenvalue weighted by molar-refractivity contribution is -0.862. The zero-order valence-electron chi connectivity index (χ0n) is 16.0. The number of amides is 3. The van der Waals surface area contributed by atoms with E-state index in [9.17, 15) is 14.4 Å². The van der Waals surface area contributed by atoms with Gasteiger partial charge in [0.1, 0.15) is 0 Å². The molecule has 0 radical (unpaired) electrons. The highest BCUT2D eigenvalue weighted by molar-refractivity contribution is 5.93. The number of likely N-dealkylation sites (N-methyl/N-ethyl adjacent to an activating group) is 3. The molecule has 7 heteroatoms. The number of carbonyl (C=O) groups excluding carboxylic acids is 3. The van der Waals surface area contributed by atoms with Crippen molar-refractivity contribution >= 4 is 23.4 Å². The van der Waals surface area contributed by atoms with Gasteiger partial charge in [0.15, 0.2) is 13.1 Å². The second-order valence-electron chi connectivity index (χ2n) is 6.66. The molecule has 0 spiro atoms. The highest BCUT2D eigenvalue weighted by Gasteiger charge is 2.20. The van der Waals surface area contributed by atoms with Crippen molar-refractivity contribution in [1.82, 2.24) is 9.80 Å². The van der Waals surface area contributed by atoms with Gasteiger partial charge in [0.05, 0.1) is 13.6 Å². The molecule has 0 saturated heterocycles. The second kappa shape index (κ2) is 9.17. The number of nitrogens with zero attached hydrogens (tertiary/aromatic N) is 2. The fourth-order valence-corrected chi connectivity index (χ4v) is 2.36. The number of para-hydroxylation sites is 1. The fraction of sp³-hybridized carbons (Fsp3) is 0.500. The van der Waals surface area contributed by atoms with E-state index in [1.807, 2.05) is 32.0 Å². The van der Waals surface area contributed by atoms with Crippen LogP contribution in [0.5, 0.6) is 0 Å². The monoisotopic (exact) mass is 349 g/mol. The lowest BCUT2D eigenvalue weighted by atomic mass is 10.1. The third kappa shape index (κ3) is 6.54. The molecule has 1 aromatic rings. The summed E-state index contributed by atoms with van der Waals surface area (Å²) in [5, 5.41) is 2.91. The van der Waals surface area contributed by atoms with Crippen LogP contribution in [0, 0.1) is 13.8 Å². The Labute approximate surface area is 149 Å². The number of nitrogens with one attached hydrogen (secondary N) is 2. The van der Waals surface area contributed by atoms with Crippen LogP contribution in [0.15, 0.2) is 18.2 Å². The topological polar surface area (TPSA) is 74.2 Å². The number of quaternary nitrogens is 1. The van der Waals surface area contributed by atoms with Gasteiger partial charge >= 0.3 is 0 Å². The Morgan fingerprint density at radius 3 is 2.08 bits per heavy atom. The van der Waals surface area contributed by atoms with Gasteiger partial charge in [-0.1, -0.05) is 18.2 Å². The Kier molecular flexibility index (Phi) is 7.57. The van der Waals surface area contributed by atoms with E-state index in [0.717, 1.165) is 21.7 Å². The van der Waals surface area contributed by atoms with E-state index in [0.29, 0.717) is 0 Å². The molecule has 0 aliphatic heterocycles. The molecule has 3 amide bonds. The van der Waals surface area contributed by atoms with Gasteiger partial charge in [0.25, 0.3) is 11.8 Å². The Morgan fingerprint density at radius 1 is 1.00 bits per heavy atom. The van der Waals surface area contributed by atoms with Crippen molar-refractivity contribution in [1.29, 1.82) is 0 Å². The smallest absolute Gasteiger partial charge is 0.279 e. The second-order valence-corrected chi connectivity index (χ2v) is 6.66. The first-order valence-electron chi connectivity index (χ1n) is 8.23. The van der Waals surface area contributed by atoms with Crippen molar-refractivity contribution in [3.05, 3.63) is 29.3 Å². The highest BCUT2D eigenvalue weighted by Crippen LogP contribution is 2.18. The molecule has 1 aromatic carbocycles. The van der Waals surface area contributed by atoms with Gasteiger partial charge in [0, 0.05) is 26.8 Å². The number of benzene rings is 1. The van der Waals surface area contributed by atoms with Gasteiger partial charge in [-0.2, -0.15) is 0 Å². The van der Waals surface area contributed by atoms with E-state index in [4.69, 9.17) is 0 Å². The molecule has 1 rings (SSSR count). The lowest BCUT2D eigenvalue weighted by Crippen LogP contribution is -3.11. The van der Waals surface area contributed by atoms with Crippen molar-refractivity contribution in [3.8, 4) is 0 Å². The minimum Gasteiger partial charge on any atom is -0.347 e. The zero-order chi connectivity index (χ0) is 19.1. The summed E-state index contributed by atoms with van der Waals surface area (Å²) in [7, 11) is 6.67. The van der Waals surface area contributed by atoms with Crippen LogP contribution in [0.1, 0.15) is 11.1 Å². The molecule has 0 fully saturated rings. The molecule has 138 valence electrons. The third-order valence-electron chi connectivity index (χ3n) is 3.96. The first-order valence-corrected chi connectivity index (χ1v) is 8.23. The molecule has 25 heavy (non-hydrogen) atoms. The molecule has 1 unspecified atom stereocenters. The summed E-state index contributed by atoms with van der Waals surface area (Å²) in [6.07, 6.45) is 0. The molecule has 7 nitrogen and oxygen atoms in total. The Bertz CT molecular complexity index is 623. The number of hydrogen-bond acceptors (Lipinski definition) is 3. The van der Waals surface area contributed by atoms with Crippen molar-refractivity contribution in [2.24, 2.45) is 0 Å². The van der Waals surface area contributed by atoms with Crippen LogP contribution in [0.3, 0.4) is 0 Å². The number of rotatable bonds is 7. The Morgan fingerprint density at radius 2 is 1.56 bits per heavy atom. The molecule has 0 saturated carbocycles. The van der Waals surface area contributed by atoms with Crippen LogP contribution in [0.25, 0.3) is 0 Å². The van der Waals surface area contributed by atoms with Gasteiger partial charge in [-0.15, -0.1) is 0 Å². The number of hydrogen-bond donors (Lipinski definition) is 2. The van der Waals surface area contributed by atoms with E-state index < -0.39 is 0 Å².